The minimum absolute atomic E-state index is 0.226. The van der Waals surface area contributed by atoms with Crippen molar-refractivity contribution in [2.45, 2.75) is 37.9 Å². The van der Waals surface area contributed by atoms with Crippen molar-refractivity contribution >= 4 is 33.5 Å². The van der Waals surface area contributed by atoms with Crippen LogP contribution in [0.2, 0.25) is 0 Å². The largest absolute Gasteiger partial charge is 0.454 e. The molecular weight excluding hydrogens is 544 g/mol. The molecule has 0 aromatic heterocycles. The fourth-order valence-corrected chi connectivity index (χ4v) is 6.80. The lowest BCUT2D eigenvalue weighted by Gasteiger charge is -2.42. The molecule has 0 saturated carbocycles. The van der Waals surface area contributed by atoms with E-state index in [-0.39, 0.29) is 11.8 Å². The molecule has 6 aromatic carbocycles. The third-order valence-electron chi connectivity index (χ3n) is 9.00. The summed E-state index contributed by atoms with van der Waals surface area (Å²) in [4.78, 5) is 28.1. The predicted molar refractivity (Wildman–Crippen MR) is 174 cm³/mol. The highest BCUT2D eigenvalue weighted by atomic mass is 16.6. The number of rotatable bonds is 5. The molecule has 0 spiro atoms. The Bertz CT molecular complexity index is 2020. The highest BCUT2D eigenvalue weighted by molar-refractivity contribution is 6.05. The van der Waals surface area contributed by atoms with Gasteiger partial charge >= 0.3 is 11.9 Å². The number of ether oxygens (including phenoxy) is 2. The molecule has 0 aliphatic heterocycles. The van der Waals surface area contributed by atoms with Gasteiger partial charge in [-0.25, -0.2) is 9.59 Å². The third-order valence-corrected chi connectivity index (χ3v) is 9.00. The van der Waals surface area contributed by atoms with E-state index in [4.69, 9.17) is 9.47 Å². The van der Waals surface area contributed by atoms with Gasteiger partial charge in [-0.3, -0.25) is 0 Å². The van der Waals surface area contributed by atoms with Crippen LogP contribution in [0.25, 0.3) is 21.5 Å². The summed E-state index contributed by atoms with van der Waals surface area (Å²) >= 11 is 0. The van der Waals surface area contributed by atoms with Crippen molar-refractivity contribution < 1.29 is 19.1 Å². The Kier molecular flexibility index (Phi) is 7.19. The fourth-order valence-electron chi connectivity index (χ4n) is 6.80. The first-order valence-corrected chi connectivity index (χ1v) is 15.0. The molecule has 0 fully saturated rings. The van der Waals surface area contributed by atoms with Crippen molar-refractivity contribution in [2.75, 3.05) is 0 Å². The Morgan fingerprint density at radius 3 is 1.55 bits per heavy atom. The van der Waals surface area contributed by atoms with Gasteiger partial charge in [0.05, 0.1) is 17.0 Å². The lowest BCUT2D eigenvalue weighted by molar-refractivity contribution is -0.0530. The summed E-state index contributed by atoms with van der Waals surface area (Å²) in [6, 6.07) is 43.2. The van der Waals surface area contributed by atoms with Gasteiger partial charge in [-0.1, -0.05) is 128 Å². The summed E-state index contributed by atoms with van der Waals surface area (Å²) < 4.78 is 13.0. The predicted octanol–water partition coefficient (Wildman–Crippen LogP) is 9.00. The lowest BCUT2D eigenvalue weighted by atomic mass is 9.70. The van der Waals surface area contributed by atoms with Crippen LogP contribution in [0.4, 0.5) is 0 Å². The van der Waals surface area contributed by atoms with E-state index in [1.165, 1.54) is 0 Å². The van der Waals surface area contributed by atoms with E-state index in [0.717, 1.165) is 43.8 Å². The minimum Gasteiger partial charge on any atom is -0.454 e. The second-order valence-corrected chi connectivity index (χ2v) is 11.5. The molecule has 4 nitrogen and oxygen atoms in total. The first-order chi connectivity index (χ1) is 21.5. The smallest absolute Gasteiger partial charge is 0.339 e. The van der Waals surface area contributed by atoms with Crippen molar-refractivity contribution in [3.8, 4) is 0 Å². The van der Waals surface area contributed by atoms with Crippen LogP contribution < -0.4 is 0 Å². The monoisotopic (exact) mass is 576 g/mol. The molecule has 4 atom stereocenters. The molecule has 0 bridgehead atoms. The molecule has 2 unspecified atom stereocenters. The first kappa shape index (κ1) is 27.6. The van der Waals surface area contributed by atoms with Crippen LogP contribution in [0.5, 0.6) is 0 Å². The SMILES string of the molecule is Cc1ccccc1[C@H]1c2ccccc2[C@H](C)C(OC(=O)c2cccc3ccccc23)C1OC(=O)c1cccc2ccccc12. The van der Waals surface area contributed by atoms with Gasteiger partial charge in [-0.05, 0) is 62.9 Å². The maximum atomic E-state index is 14.1. The average molecular weight is 577 g/mol. The van der Waals surface area contributed by atoms with Gasteiger partial charge in [-0.15, -0.1) is 0 Å². The number of esters is 2. The van der Waals surface area contributed by atoms with Gasteiger partial charge in [-0.2, -0.15) is 0 Å². The van der Waals surface area contributed by atoms with E-state index < -0.39 is 24.1 Å². The molecule has 0 heterocycles. The second-order valence-electron chi connectivity index (χ2n) is 11.5. The lowest BCUT2D eigenvalue weighted by Crippen LogP contribution is -2.46. The summed E-state index contributed by atoms with van der Waals surface area (Å²) in [6.07, 6.45) is -1.51. The van der Waals surface area contributed by atoms with Crippen LogP contribution in [0.1, 0.15) is 61.7 Å². The molecule has 6 aromatic rings. The highest BCUT2D eigenvalue weighted by Crippen LogP contribution is 2.46. The Hall–Kier alpha value is -5.22. The normalized spacial score (nSPS) is 19.3. The maximum absolute atomic E-state index is 14.1. The summed E-state index contributed by atoms with van der Waals surface area (Å²) in [5.41, 5.74) is 5.23. The number of fused-ring (bicyclic) bond motifs is 3. The Morgan fingerprint density at radius 1 is 0.500 bits per heavy atom. The maximum Gasteiger partial charge on any atom is 0.339 e. The number of carbonyl (C=O) groups excluding carboxylic acids is 2. The quantitative estimate of drug-likeness (QED) is 0.192. The van der Waals surface area contributed by atoms with Gasteiger partial charge in [0.1, 0.15) is 6.10 Å². The molecule has 0 N–H and O–H groups in total. The fraction of sp³-hybridized carbons (Fsp3) is 0.150. The van der Waals surface area contributed by atoms with Gasteiger partial charge in [0.25, 0.3) is 0 Å². The average Bonchev–Trinajstić information content (AvgIpc) is 3.06. The summed E-state index contributed by atoms with van der Waals surface area (Å²) in [7, 11) is 0. The topological polar surface area (TPSA) is 52.6 Å². The van der Waals surface area contributed by atoms with E-state index >= 15 is 0 Å². The van der Waals surface area contributed by atoms with Crippen molar-refractivity contribution in [2.24, 2.45) is 0 Å². The number of hydrogen-bond acceptors (Lipinski definition) is 4. The summed E-state index contributed by atoms with van der Waals surface area (Å²) in [5, 5.41) is 3.56. The van der Waals surface area contributed by atoms with Gasteiger partial charge < -0.3 is 9.47 Å². The summed E-state index contributed by atoms with van der Waals surface area (Å²) in [6.45, 7) is 4.11. The van der Waals surface area contributed by atoms with Crippen LogP contribution in [-0.2, 0) is 9.47 Å². The van der Waals surface area contributed by atoms with E-state index in [2.05, 4.69) is 31.2 Å². The van der Waals surface area contributed by atoms with Crippen LogP contribution in [-0.4, -0.2) is 24.1 Å². The van der Waals surface area contributed by atoms with Crippen molar-refractivity contribution in [1.82, 2.24) is 0 Å². The van der Waals surface area contributed by atoms with E-state index in [1.54, 1.807) is 12.1 Å². The molecule has 1 aliphatic carbocycles. The van der Waals surface area contributed by atoms with E-state index in [9.17, 15) is 9.59 Å². The zero-order valence-electron chi connectivity index (χ0n) is 24.6. The van der Waals surface area contributed by atoms with Crippen molar-refractivity contribution in [3.63, 3.8) is 0 Å². The molecule has 0 amide bonds. The van der Waals surface area contributed by atoms with Crippen LogP contribution in [0.15, 0.2) is 133 Å². The molecule has 1 aliphatic rings. The van der Waals surface area contributed by atoms with Gasteiger partial charge in [0.15, 0.2) is 6.10 Å². The van der Waals surface area contributed by atoms with E-state index in [1.807, 2.05) is 104 Å². The number of carbonyl (C=O) groups is 2. The summed E-state index contributed by atoms with van der Waals surface area (Å²) in [5.74, 6) is -1.44. The number of benzene rings is 6. The molecule has 0 radical (unpaired) electrons. The highest BCUT2D eigenvalue weighted by Gasteiger charge is 2.47. The zero-order chi connectivity index (χ0) is 30.2. The van der Waals surface area contributed by atoms with Crippen molar-refractivity contribution in [1.29, 1.82) is 0 Å². The molecule has 0 saturated heterocycles. The zero-order valence-corrected chi connectivity index (χ0v) is 24.6. The van der Waals surface area contributed by atoms with Crippen LogP contribution in [0, 0.1) is 6.92 Å². The number of aryl methyl sites for hydroxylation is 1. The van der Waals surface area contributed by atoms with Crippen LogP contribution in [0.3, 0.4) is 0 Å². The van der Waals surface area contributed by atoms with Gasteiger partial charge in [0.2, 0.25) is 0 Å². The van der Waals surface area contributed by atoms with Crippen molar-refractivity contribution in [3.05, 3.63) is 167 Å². The standard InChI is InChI=1S/C40H32O4/c1-25-13-3-6-18-29(25)36-33-22-10-9-19-30(33)26(2)37(43-39(41)34-23-11-16-27-14-4-7-20-31(27)34)38(36)44-40(42)35-24-12-17-28-15-5-8-21-32(28)35/h3-24,26,36-38H,1-2H3/t26-,36-,37?,38?/m0/s1. The minimum atomic E-state index is -0.772. The van der Waals surface area contributed by atoms with Crippen LogP contribution >= 0.6 is 0 Å². The number of hydrogen-bond donors (Lipinski definition) is 0. The van der Waals surface area contributed by atoms with Gasteiger partial charge in [0, 0.05) is 5.92 Å². The third kappa shape index (κ3) is 4.83. The Morgan fingerprint density at radius 2 is 0.955 bits per heavy atom. The second kappa shape index (κ2) is 11.5. The van der Waals surface area contributed by atoms with E-state index in [0.29, 0.717) is 11.1 Å². The molecular formula is C40H32O4. The molecule has 216 valence electrons. The molecule has 44 heavy (non-hydrogen) atoms. The Balaban J connectivity index is 1.36. The molecule has 7 rings (SSSR count). The first-order valence-electron chi connectivity index (χ1n) is 15.0. The molecule has 4 heteroatoms. The Labute approximate surface area is 256 Å².